The standard InChI is InChI=1S/C15H24N2O/c1-3-18-14-8-7-12(10-11(14)2)15(16)13-6-4-5-9-17-13/h7-8,10,13,15,17H,3-6,9,16H2,1-2H3. The maximum absolute atomic E-state index is 6.36. The minimum atomic E-state index is 0.0830. The smallest absolute Gasteiger partial charge is 0.122 e. The summed E-state index contributed by atoms with van der Waals surface area (Å²) in [5.41, 5.74) is 8.73. The maximum Gasteiger partial charge on any atom is 0.122 e. The van der Waals surface area contributed by atoms with Gasteiger partial charge >= 0.3 is 0 Å². The number of piperidine rings is 1. The van der Waals surface area contributed by atoms with Gasteiger partial charge < -0.3 is 15.8 Å². The summed E-state index contributed by atoms with van der Waals surface area (Å²) in [5.74, 6) is 0.963. The Morgan fingerprint density at radius 1 is 1.44 bits per heavy atom. The number of benzene rings is 1. The van der Waals surface area contributed by atoms with Gasteiger partial charge in [-0.15, -0.1) is 0 Å². The summed E-state index contributed by atoms with van der Waals surface area (Å²) in [6.07, 6.45) is 3.72. The van der Waals surface area contributed by atoms with Gasteiger partial charge in [-0.3, -0.25) is 0 Å². The van der Waals surface area contributed by atoms with Gasteiger partial charge in [0.15, 0.2) is 0 Å². The summed E-state index contributed by atoms with van der Waals surface area (Å²) in [4.78, 5) is 0. The van der Waals surface area contributed by atoms with Gasteiger partial charge in [-0.2, -0.15) is 0 Å². The monoisotopic (exact) mass is 248 g/mol. The lowest BCUT2D eigenvalue weighted by Gasteiger charge is -2.29. The van der Waals surface area contributed by atoms with Crippen molar-refractivity contribution >= 4 is 0 Å². The highest BCUT2D eigenvalue weighted by Crippen LogP contribution is 2.25. The van der Waals surface area contributed by atoms with Gasteiger partial charge in [0.05, 0.1) is 6.61 Å². The number of hydrogen-bond acceptors (Lipinski definition) is 3. The molecular weight excluding hydrogens is 224 g/mol. The van der Waals surface area contributed by atoms with Crippen molar-refractivity contribution in [2.75, 3.05) is 13.2 Å². The molecule has 3 nitrogen and oxygen atoms in total. The molecule has 2 rings (SSSR count). The molecule has 0 bridgehead atoms. The Labute approximate surface area is 110 Å². The number of nitrogens with two attached hydrogens (primary N) is 1. The van der Waals surface area contributed by atoms with Crippen molar-refractivity contribution in [3.8, 4) is 5.75 Å². The van der Waals surface area contributed by atoms with Gasteiger partial charge in [-0.25, -0.2) is 0 Å². The fourth-order valence-electron chi connectivity index (χ4n) is 2.61. The van der Waals surface area contributed by atoms with Crippen LogP contribution in [0.1, 0.15) is 43.4 Å². The minimum absolute atomic E-state index is 0.0830. The molecule has 1 aromatic carbocycles. The molecule has 3 heteroatoms. The third-order valence-electron chi connectivity index (χ3n) is 3.67. The lowest BCUT2D eigenvalue weighted by Crippen LogP contribution is -2.42. The van der Waals surface area contributed by atoms with E-state index in [0.717, 1.165) is 12.3 Å². The van der Waals surface area contributed by atoms with E-state index < -0.39 is 0 Å². The van der Waals surface area contributed by atoms with E-state index in [-0.39, 0.29) is 6.04 Å². The van der Waals surface area contributed by atoms with Crippen LogP contribution >= 0.6 is 0 Å². The van der Waals surface area contributed by atoms with E-state index >= 15 is 0 Å². The average molecular weight is 248 g/mol. The van der Waals surface area contributed by atoms with Crippen LogP contribution in [0.25, 0.3) is 0 Å². The molecule has 2 unspecified atom stereocenters. The predicted octanol–water partition coefficient (Wildman–Crippen LogP) is 2.54. The van der Waals surface area contributed by atoms with E-state index in [2.05, 4.69) is 24.4 Å². The van der Waals surface area contributed by atoms with Crippen molar-refractivity contribution in [3.63, 3.8) is 0 Å². The van der Waals surface area contributed by atoms with E-state index in [4.69, 9.17) is 10.5 Å². The number of rotatable bonds is 4. The van der Waals surface area contributed by atoms with Gasteiger partial charge in [0.25, 0.3) is 0 Å². The molecule has 0 aliphatic carbocycles. The summed E-state index contributed by atoms with van der Waals surface area (Å²) in [5, 5.41) is 3.52. The molecule has 0 amide bonds. The summed E-state index contributed by atoms with van der Waals surface area (Å²) in [7, 11) is 0. The highest BCUT2D eigenvalue weighted by molar-refractivity contribution is 5.37. The molecule has 18 heavy (non-hydrogen) atoms. The molecule has 1 aliphatic rings. The van der Waals surface area contributed by atoms with Crippen LogP contribution in [0.2, 0.25) is 0 Å². The zero-order chi connectivity index (χ0) is 13.0. The highest BCUT2D eigenvalue weighted by Gasteiger charge is 2.21. The number of ether oxygens (including phenoxy) is 1. The number of aryl methyl sites for hydroxylation is 1. The van der Waals surface area contributed by atoms with E-state index in [0.29, 0.717) is 12.6 Å². The van der Waals surface area contributed by atoms with E-state index in [1.54, 1.807) is 0 Å². The molecule has 100 valence electrons. The predicted molar refractivity (Wildman–Crippen MR) is 74.9 cm³/mol. The van der Waals surface area contributed by atoms with Crippen molar-refractivity contribution in [3.05, 3.63) is 29.3 Å². The first kappa shape index (κ1) is 13.4. The second-order valence-electron chi connectivity index (χ2n) is 5.04. The summed E-state index contributed by atoms with van der Waals surface area (Å²) in [6, 6.07) is 6.79. The summed E-state index contributed by atoms with van der Waals surface area (Å²) >= 11 is 0. The molecule has 1 aliphatic heterocycles. The summed E-state index contributed by atoms with van der Waals surface area (Å²) < 4.78 is 5.56. The Morgan fingerprint density at radius 3 is 2.89 bits per heavy atom. The Morgan fingerprint density at radius 2 is 2.28 bits per heavy atom. The van der Waals surface area contributed by atoms with Gasteiger partial charge in [0.1, 0.15) is 5.75 Å². The van der Waals surface area contributed by atoms with Crippen LogP contribution in [0.5, 0.6) is 5.75 Å². The van der Waals surface area contributed by atoms with Crippen molar-refractivity contribution in [1.82, 2.24) is 5.32 Å². The molecule has 2 atom stereocenters. The van der Waals surface area contributed by atoms with Crippen LogP contribution < -0.4 is 15.8 Å². The lowest BCUT2D eigenvalue weighted by molar-refractivity contribution is 0.336. The fourth-order valence-corrected chi connectivity index (χ4v) is 2.61. The van der Waals surface area contributed by atoms with Crippen molar-refractivity contribution in [2.45, 2.75) is 45.2 Å². The largest absolute Gasteiger partial charge is 0.494 e. The molecule has 1 saturated heterocycles. The van der Waals surface area contributed by atoms with E-state index in [1.165, 1.54) is 30.4 Å². The molecule has 0 spiro atoms. The molecule has 0 saturated carbocycles. The molecule has 3 N–H and O–H groups in total. The van der Waals surface area contributed by atoms with Crippen LogP contribution in [-0.4, -0.2) is 19.2 Å². The normalized spacial score (nSPS) is 21.6. The topological polar surface area (TPSA) is 47.3 Å². The lowest BCUT2D eigenvalue weighted by atomic mass is 9.92. The van der Waals surface area contributed by atoms with E-state index in [1.807, 2.05) is 13.0 Å². The zero-order valence-electron chi connectivity index (χ0n) is 11.4. The maximum atomic E-state index is 6.36. The number of nitrogens with one attached hydrogen (secondary N) is 1. The zero-order valence-corrected chi connectivity index (χ0v) is 11.4. The molecule has 0 aromatic heterocycles. The van der Waals surface area contributed by atoms with Crippen LogP contribution in [0, 0.1) is 6.92 Å². The molecule has 1 fully saturated rings. The van der Waals surface area contributed by atoms with Gasteiger partial charge in [0.2, 0.25) is 0 Å². The second-order valence-corrected chi connectivity index (χ2v) is 5.04. The molecule has 1 heterocycles. The van der Waals surface area contributed by atoms with Crippen LogP contribution in [0.3, 0.4) is 0 Å². The first-order chi connectivity index (χ1) is 8.72. The Balaban J connectivity index is 2.10. The SMILES string of the molecule is CCOc1ccc(C(N)C2CCCCN2)cc1C. The Hall–Kier alpha value is -1.06. The van der Waals surface area contributed by atoms with Gasteiger partial charge in [0, 0.05) is 12.1 Å². The van der Waals surface area contributed by atoms with Crippen LogP contribution in [-0.2, 0) is 0 Å². The third kappa shape index (κ3) is 3.03. The first-order valence-corrected chi connectivity index (χ1v) is 6.94. The average Bonchev–Trinajstić information content (AvgIpc) is 2.41. The third-order valence-corrected chi connectivity index (χ3v) is 3.67. The highest BCUT2D eigenvalue weighted by atomic mass is 16.5. The van der Waals surface area contributed by atoms with Crippen LogP contribution in [0.15, 0.2) is 18.2 Å². The quantitative estimate of drug-likeness (QED) is 0.861. The molecule has 1 aromatic rings. The molecule has 0 radical (unpaired) electrons. The summed E-state index contributed by atoms with van der Waals surface area (Å²) in [6.45, 7) is 5.88. The minimum Gasteiger partial charge on any atom is -0.494 e. The Bertz CT molecular complexity index is 386. The molecular formula is C15H24N2O. The van der Waals surface area contributed by atoms with E-state index in [9.17, 15) is 0 Å². The number of hydrogen-bond donors (Lipinski definition) is 2. The first-order valence-electron chi connectivity index (χ1n) is 6.94. The van der Waals surface area contributed by atoms with Crippen molar-refractivity contribution < 1.29 is 4.74 Å². The fraction of sp³-hybridized carbons (Fsp3) is 0.600. The second kappa shape index (κ2) is 6.21. The van der Waals surface area contributed by atoms with Crippen molar-refractivity contribution in [2.24, 2.45) is 5.73 Å². The van der Waals surface area contributed by atoms with Gasteiger partial charge in [-0.1, -0.05) is 18.6 Å². The Kier molecular flexibility index (Phi) is 4.61. The van der Waals surface area contributed by atoms with Crippen LogP contribution in [0.4, 0.5) is 0 Å². The van der Waals surface area contributed by atoms with Crippen molar-refractivity contribution in [1.29, 1.82) is 0 Å². The van der Waals surface area contributed by atoms with Gasteiger partial charge in [-0.05, 0) is 50.4 Å².